The fourth-order valence-electron chi connectivity index (χ4n) is 1.47. The molecule has 1 aromatic carbocycles. The van der Waals surface area contributed by atoms with E-state index in [0.29, 0.717) is 5.75 Å². The van der Waals surface area contributed by atoms with E-state index in [-0.39, 0.29) is 11.5 Å². The minimum atomic E-state index is -0.173. The summed E-state index contributed by atoms with van der Waals surface area (Å²) in [7, 11) is 0. The molecule has 0 aliphatic rings. The van der Waals surface area contributed by atoms with Crippen LogP contribution in [0.2, 0.25) is 0 Å². The highest BCUT2D eigenvalue weighted by Gasteiger charge is 2.25. The Morgan fingerprint density at radius 2 is 1.87 bits per heavy atom. The second kappa shape index (κ2) is 4.14. The van der Waals surface area contributed by atoms with Crippen molar-refractivity contribution in [1.29, 1.82) is 0 Å². The molecular weight excluding hydrogens is 254 g/mol. The number of phenols is 1. The molecule has 0 heterocycles. The lowest BCUT2D eigenvalue weighted by Crippen LogP contribution is -2.26. The third-order valence-electron chi connectivity index (χ3n) is 2.56. The van der Waals surface area contributed by atoms with Crippen LogP contribution in [0.4, 0.5) is 0 Å². The zero-order valence-corrected chi connectivity index (χ0v) is 11.2. The molecule has 0 radical (unpaired) electrons. The van der Waals surface area contributed by atoms with Crippen LogP contribution in [0.1, 0.15) is 37.9 Å². The Bertz CT molecular complexity index is 369. The first kappa shape index (κ1) is 12.5. The monoisotopic (exact) mass is 271 g/mol. The van der Waals surface area contributed by atoms with Gasteiger partial charge >= 0.3 is 0 Å². The summed E-state index contributed by atoms with van der Waals surface area (Å²) < 4.78 is 0.951. The first-order valence-electron chi connectivity index (χ1n) is 4.98. The van der Waals surface area contributed by atoms with Crippen LogP contribution in [0.25, 0.3) is 0 Å². The van der Waals surface area contributed by atoms with Gasteiger partial charge in [-0.2, -0.15) is 0 Å². The lowest BCUT2D eigenvalue weighted by molar-refractivity contribution is 0.317. The van der Waals surface area contributed by atoms with Crippen molar-refractivity contribution in [3.63, 3.8) is 0 Å². The second-order valence-electron chi connectivity index (χ2n) is 5.00. The van der Waals surface area contributed by atoms with Crippen molar-refractivity contribution in [3.05, 3.63) is 27.7 Å². The Morgan fingerprint density at radius 1 is 1.33 bits per heavy atom. The third-order valence-corrected chi connectivity index (χ3v) is 3.02. The zero-order chi connectivity index (χ0) is 11.8. The highest BCUT2D eigenvalue weighted by atomic mass is 79.9. The zero-order valence-electron chi connectivity index (χ0n) is 9.63. The van der Waals surface area contributed by atoms with E-state index in [0.717, 1.165) is 15.6 Å². The number of aryl methyl sites for hydroxylation is 1. The molecule has 15 heavy (non-hydrogen) atoms. The van der Waals surface area contributed by atoms with Crippen LogP contribution < -0.4 is 5.73 Å². The van der Waals surface area contributed by atoms with Gasteiger partial charge in [-0.3, -0.25) is 0 Å². The molecule has 2 nitrogen and oxygen atoms in total. The molecule has 1 unspecified atom stereocenters. The highest BCUT2D eigenvalue weighted by Crippen LogP contribution is 2.38. The van der Waals surface area contributed by atoms with Gasteiger partial charge in [-0.25, -0.2) is 0 Å². The minimum absolute atomic E-state index is 0.0648. The molecule has 0 saturated heterocycles. The Kier molecular flexibility index (Phi) is 3.46. The quantitative estimate of drug-likeness (QED) is 0.821. The fourth-order valence-corrected chi connectivity index (χ4v) is 2.06. The maximum absolute atomic E-state index is 9.95. The number of nitrogens with two attached hydrogens (primary N) is 1. The molecule has 0 amide bonds. The smallest absolute Gasteiger partial charge is 0.123 e. The number of aromatic hydroxyl groups is 1. The molecule has 1 atom stereocenters. The highest BCUT2D eigenvalue weighted by molar-refractivity contribution is 9.10. The molecule has 3 N–H and O–H groups in total. The number of phenolic OH excluding ortho intramolecular Hbond substituents is 1. The van der Waals surface area contributed by atoms with Crippen molar-refractivity contribution in [3.8, 4) is 5.75 Å². The van der Waals surface area contributed by atoms with Gasteiger partial charge in [0, 0.05) is 16.1 Å². The van der Waals surface area contributed by atoms with Gasteiger partial charge in [0.25, 0.3) is 0 Å². The minimum Gasteiger partial charge on any atom is -0.507 e. The van der Waals surface area contributed by atoms with Crippen molar-refractivity contribution in [2.45, 2.75) is 33.7 Å². The molecular formula is C12H18BrNO. The lowest BCUT2D eigenvalue weighted by Gasteiger charge is -2.28. The molecule has 1 rings (SSSR count). The van der Waals surface area contributed by atoms with Gasteiger partial charge in [-0.1, -0.05) is 36.7 Å². The number of halogens is 1. The molecule has 84 valence electrons. The predicted octanol–water partition coefficient (Wildman–Crippen LogP) is 3.51. The molecule has 1 aromatic rings. The van der Waals surface area contributed by atoms with Crippen LogP contribution in [0.15, 0.2) is 16.6 Å². The van der Waals surface area contributed by atoms with Gasteiger partial charge in [0.2, 0.25) is 0 Å². The van der Waals surface area contributed by atoms with Gasteiger partial charge in [-0.05, 0) is 30.0 Å². The molecule has 0 saturated carbocycles. The number of hydrogen-bond donors (Lipinski definition) is 2. The van der Waals surface area contributed by atoms with E-state index in [1.165, 1.54) is 0 Å². The number of benzene rings is 1. The standard InChI is InChI=1S/C12H18BrNO/c1-7-5-8(13)6-9(10(7)15)11(14)12(2,3)4/h5-6,11,15H,14H2,1-4H3. The van der Waals surface area contributed by atoms with E-state index < -0.39 is 0 Å². The molecule has 0 aliphatic carbocycles. The molecule has 0 fully saturated rings. The predicted molar refractivity (Wildman–Crippen MR) is 66.9 cm³/mol. The molecule has 0 aliphatic heterocycles. The first-order valence-corrected chi connectivity index (χ1v) is 5.77. The van der Waals surface area contributed by atoms with Crippen LogP contribution in [0, 0.1) is 12.3 Å². The van der Waals surface area contributed by atoms with Gasteiger partial charge in [0.15, 0.2) is 0 Å². The average Bonchev–Trinajstić information content (AvgIpc) is 2.08. The van der Waals surface area contributed by atoms with Gasteiger partial charge in [0.05, 0.1) is 0 Å². The van der Waals surface area contributed by atoms with Gasteiger partial charge in [0.1, 0.15) is 5.75 Å². The Balaban J connectivity index is 3.25. The fraction of sp³-hybridized carbons (Fsp3) is 0.500. The summed E-state index contributed by atoms with van der Waals surface area (Å²) in [6, 6.07) is 3.60. The molecule has 3 heteroatoms. The van der Waals surface area contributed by atoms with Crippen LogP contribution in [-0.4, -0.2) is 5.11 Å². The third kappa shape index (κ3) is 2.73. The van der Waals surface area contributed by atoms with E-state index >= 15 is 0 Å². The Morgan fingerprint density at radius 3 is 2.33 bits per heavy atom. The second-order valence-corrected chi connectivity index (χ2v) is 5.92. The first-order chi connectivity index (χ1) is 6.73. The Hall–Kier alpha value is -0.540. The normalized spacial score (nSPS) is 14.0. The summed E-state index contributed by atoms with van der Waals surface area (Å²) in [4.78, 5) is 0. The average molecular weight is 272 g/mol. The van der Waals surface area contributed by atoms with Crippen molar-refractivity contribution in [1.82, 2.24) is 0 Å². The summed E-state index contributed by atoms with van der Waals surface area (Å²) in [6.07, 6.45) is 0. The van der Waals surface area contributed by atoms with E-state index in [9.17, 15) is 5.11 Å². The summed E-state index contributed by atoms with van der Waals surface area (Å²) in [5.41, 5.74) is 7.71. The van der Waals surface area contributed by atoms with E-state index in [1.54, 1.807) is 0 Å². The SMILES string of the molecule is Cc1cc(Br)cc(C(N)C(C)(C)C)c1O. The number of hydrogen-bond acceptors (Lipinski definition) is 2. The summed E-state index contributed by atoms with van der Waals surface area (Å²) in [6.45, 7) is 8.06. The van der Waals surface area contributed by atoms with Crippen molar-refractivity contribution < 1.29 is 5.11 Å². The van der Waals surface area contributed by atoms with Gasteiger partial charge < -0.3 is 10.8 Å². The lowest BCUT2D eigenvalue weighted by atomic mass is 9.82. The van der Waals surface area contributed by atoms with E-state index in [4.69, 9.17) is 5.73 Å². The molecule has 0 aromatic heterocycles. The summed E-state index contributed by atoms with van der Waals surface area (Å²) >= 11 is 3.42. The van der Waals surface area contributed by atoms with Crippen LogP contribution in [0.5, 0.6) is 5.75 Å². The number of rotatable bonds is 1. The van der Waals surface area contributed by atoms with Crippen LogP contribution in [0.3, 0.4) is 0 Å². The van der Waals surface area contributed by atoms with Crippen LogP contribution >= 0.6 is 15.9 Å². The van der Waals surface area contributed by atoms with Gasteiger partial charge in [-0.15, -0.1) is 0 Å². The Labute approximate surface area is 99.6 Å². The maximum Gasteiger partial charge on any atom is 0.123 e. The van der Waals surface area contributed by atoms with Crippen molar-refractivity contribution in [2.75, 3.05) is 0 Å². The van der Waals surface area contributed by atoms with E-state index in [1.807, 2.05) is 19.1 Å². The maximum atomic E-state index is 9.95. The van der Waals surface area contributed by atoms with Crippen molar-refractivity contribution in [2.24, 2.45) is 11.1 Å². The summed E-state index contributed by atoms with van der Waals surface area (Å²) in [5, 5.41) is 9.95. The molecule has 0 bridgehead atoms. The van der Waals surface area contributed by atoms with Crippen LogP contribution in [-0.2, 0) is 0 Å². The van der Waals surface area contributed by atoms with E-state index in [2.05, 4.69) is 36.7 Å². The summed E-state index contributed by atoms with van der Waals surface area (Å²) in [5.74, 6) is 0.306. The molecule has 0 spiro atoms. The topological polar surface area (TPSA) is 46.2 Å². The van der Waals surface area contributed by atoms with Crippen molar-refractivity contribution >= 4 is 15.9 Å². The largest absolute Gasteiger partial charge is 0.507 e.